The molecule has 3 N–H and O–H groups in total. The average Bonchev–Trinajstić information content (AvgIpc) is 2.74. The number of halogens is 1. The zero-order chi connectivity index (χ0) is 19.5. The van der Waals surface area contributed by atoms with Gasteiger partial charge in [0.05, 0.1) is 29.5 Å². The lowest BCUT2D eigenvalue weighted by Gasteiger charge is -2.16. The van der Waals surface area contributed by atoms with Crippen LogP contribution in [0.2, 0.25) is 0 Å². The fourth-order valence-electron chi connectivity index (χ4n) is 3.18. The third kappa shape index (κ3) is 4.02. The molecule has 0 saturated heterocycles. The van der Waals surface area contributed by atoms with Crippen LogP contribution in [0.4, 0.5) is 21.9 Å². The van der Waals surface area contributed by atoms with Gasteiger partial charge >= 0.3 is 6.03 Å². The molecule has 0 bridgehead atoms. The summed E-state index contributed by atoms with van der Waals surface area (Å²) in [5.41, 5.74) is 4.24. The minimum atomic E-state index is -0.283. The Hall–Kier alpha value is -3.51. The zero-order valence-electron chi connectivity index (χ0n) is 16.0. The maximum Gasteiger partial charge on any atom is 0.318 e. The van der Waals surface area contributed by atoms with E-state index in [1.807, 2.05) is 60.7 Å². The summed E-state index contributed by atoms with van der Waals surface area (Å²) in [7, 11) is 3.18. The molecule has 1 aromatic heterocycles. The minimum absolute atomic E-state index is 0. The number of amides is 2. The number of para-hydroxylation sites is 2. The molecule has 0 spiro atoms. The first-order valence-electron chi connectivity index (χ1n) is 8.91. The molecule has 0 unspecified atom stereocenters. The Labute approximate surface area is 174 Å². The summed E-state index contributed by atoms with van der Waals surface area (Å²) in [6.07, 6.45) is 0. The smallest absolute Gasteiger partial charge is 0.318 e. The monoisotopic (exact) mass is 408 g/mol. The molecule has 0 atom stereocenters. The van der Waals surface area contributed by atoms with Gasteiger partial charge in [0.2, 0.25) is 0 Å². The summed E-state index contributed by atoms with van der Waals surface area (Å²) in [4.78, 5) is 16.3. The number of fused-ring (bicyclic) bond motifs is 2. The molecular formula is C22H21ClN4O2. The molecule has 4 rings (SSSR count). The van der Waals surface area contributed by atoms with Crippen molar-refractivity contribution in [1.82, 2.24) is 10.3 Å². The number of anilines is 3. The molecule has 29 heavy (non-hydrogen) atoms. The summed E-state index contributed by atoms with van der Waals surface area (Å²) >= 11 is 0. The molecule has 0 aliphatic heterocycles. The molecule has 0 radical (unpaired) electrons. The number of rotatable bonds is 4. The fraction of sp³-hybridized carbons (Fsp3) is 0.0909. The number of aromatic nitrogens is 1. The van der Waals surface area contributed by atoms with Crippen molar-refractivity contribution in [2.24, 2.45) is 0 Å². The van der Waals surface area contributed by atoms with Crippen molar-refractivity contribution in [1.29, 1.82) is 0 Å². The van der Waals surface area contributed by atoms with E-state index in [1.165, 1.54) is 0 Å². The summed E-state index contributed by atoms with van der Waals surface area (Å²) in [6.45, 7) is 0. The number of hydrogen-bond acceptors (Lipinski definition) is 4. The maximum absolute atomic E-state index is 11.6. The first-order chi connectivity index (χ1) is 13.7. The Morgan fingerprint density at radius 3 is 2.14 bits per heavy atom. The Morgan fingerprint density at radius 2 is 1.55 bits per heavy atom. The van der Waals surface area contributed by atoms with E-state index in [4.69, 9.17) is 9.72 Å². The van der Waals surface area contributed by atoms with Crippen molar-refractivity contribution in [3.8, 4) is 5.75 Å². The van der Waals surface area contributed by atoms with E-state index >= 15 is 0 Å². The third-order valence-corrected chi connectivity index (χ3v) is 4.53. The van der Waals surface area contributed by atoms with Gasteiger partial charge in [0.15, 0.2) is 0 Å². The van der Waals surface area contributed by atoms with E-state index in [9.17, 15) is 4.79 Å². The van der Waals surface area contributed by atoms with Crippen LogP contribution in [0.3, 0.4) is 0 Å². The highest BCUT2D eigenvalue weighted by atomic mass is 35.5. The number of pyridine rings is 1. The number of ether oxygens (including phenoxy) is 1. The first kappa shape index (κ1) is 20.2. The number of urea groups is 1. The Balaban J connectivity index is 0.00000240. The summed E-state index contributed by atoms with van der Waals surface area (Å²) in [5.74, 6) is 0.624. The predicted molar refractivity (Wildman–Crippen MR) is 121 cm³/mol. The van der Waals surface area contributed by atoms with Gasteiger partial charge in [-0.2, -0.15) is 0 Å². The minimum Gasteiger partial charge on any atom is -0.494 e. The van der Waals surface area contributed by atoms with Crippen LogP contribution in [-0.2, 0) is 0 Å². The van der Waals surface area contributed by atoms with Gasteiger partial charge in [-0.15, -0.1) is 12.4 Å². The number of hydrogen-bond donors (Lipinski definition) is 3. The van der Waals surface area contributed by atoms with Crippen molar-refractivity contribution < 1.29 is 9.53 Å². The van der Waals surface area contributed by atoms with Crippen LogP contribution < -0.4 is 20.7 Å². The topological polar surface area (TPSA) is 75.3 Å². The van der Waals surface area contributed by atoms with E-state index < -0.39 is 0 Å². The number of benzene rings is 3. The molecule has 6 nitrogen and oxygen atoms in total. The van der Waals surface area contributed by atoms with Crippen molar-refractivity contribution in [3.05, 3.63) is 66.7 Å². The van der Waals surface area contributed by atoms with E-state index in [0.717, 1.165) is 33.2 Å². The van der Waals surface area contributed by atoms with E-state index in [1.54, 1.807) is 20.2 Å². The second-order valence-corrected chi connectivity index (χ2v) is 6.27. The molecule has 3 aromatic carbocycles. The molecule has 4 aromatic rings. The Morgan fingerprint density at radius 1 is 0.931 bits per heavy atom. The number of nitrogens with zero attached hydrogens (tertiary/aromatic N) is 1. The fourth-order valence-corrected chi connectivity index (χ4v) is 3.18. The van der Waals surface area contributed by atoms with Crippen molar-refractivity contribution >= 4 is 57.3 Å². The zero-order valence-corrected chi connectivity index (χ0v) is 16.8. The second-order valence-electron chi connectivity index (χ2n) is 6.27. The second kappa shape index (κ2) is 8.67. The molecule has 0 aliphatic rings. The van der Waals surface area contributed by atoms with Crippen LogP contribution >= 0.6 is 12.4 Å². The van der Waals surface area contributed by atoms with E-state index in [2.05, 4.69) is 16.0 Å². The highest BCUT2D eigenvalue weighted by Gasteiger charge is 2.12. The number of methoxy groups -OCH3 is 1. The quantitative estimate of drug-likeness (QED) is 0.400. The lowest BCUT2D eigenvalue weighted by atomic mass is 10.1. The highest BCUT2D eigenvalue weighted by Crippen LogP contribution is 2.36. The first-order valence-corrected chi connectivity index (χ1v) is 8.91. The molecule has 1 heterocycles. The largest absolute Gasteiger partial charge is 0.494 e. The van der Waals surface area contributed by atoms with Crippen LogP contribution in [0.25, 0.3) is 21.8 Å². The van der Waals surface area contributed by atoms with Gasteiger partial charge in [0, 0.05) is 29.6 Å². The van der Waals surface area contributed by atoms with Gasteiger partial charge in [-0.05, 0) is 24.3 Å². The van der Waals surface area contributed by atoms with Gasteiger partial charge in [-0.25, -0.2) is 9.78 Å². The molecule has 0 aliphatic carbocycles. The van der Waals surface area contributed by atoms with Crippen LogP contribution in [0, 0.1) is 0 Å². The van der Waals surface area contributed by atoms with E-state index in [0.29, 0.717) is 11.4 Å². The lowest BCUT2D eigenvalue weighted by Crippen LogP contribution is -2.24. The molecule has 0 saturated carbocycles. The number of carbonyl (C=O) groups is 1. The van der Waals surface area contributed by atoms with Crippen LogP contribution in [0.1, 0.15) is 0 Å². The lowest BCUT2D eigenvalue weighted by molar-refractivity contribution is 0.254. The summed E-state index contributed by atoms with van der Waals surface area (Å²) < 4.78 is 5.55. The molecular weight excluding hydrogens is 388 g/mol. The highest BCUT2D eigenvalue weighted by molar-refractivity contribution is 6.09. The van der Waals surface area contributed by atoms with Gasteiger partial charge in [-0.1, -0.05) is 36.4 Å². The molecule has 148 valence electrons. The Bertz CT molecular complexity index is 1130. The van der Waals surface area contributed by atoms with Crippen LogP contribution in [0.15, 0.2) is 66.7 Å². The van der Waals surface area contributed by atoms with Gasteiger partial charge in [0.1, 0.15) is 5.75 Å². The molecule has 2 amide bonds. The summed E-state index contributed by atoms with van der Waals surface area (Å²) in [5, 5.41) is 10.8. The number of carbonyl (C=O) groups excluding carboxylic acids is 1. The molecule has 0 fully saturated rings. The third-order valence-electron chi connectivity index (χ3n) is 4.53. The molecule has 7 heteroatoms. The van der Waals surface area contributed by atoms with Crippen molar-refractivity contribution in [2.75, 3.05) is 24.8 Å². The average molecular weight is 409 g/mol. The van der Waals surface area contributed by atoms with Crippen LogP contribution in [0.5, 0.6) is 5.75 Å². The van der Waals surface area contributed by atoms with Gasteiger partial charge in [0.25, 0.3) is 0 Å². The number of nitrogens with one attached hydrogen (secondary N) is 3. The van der Waals surface area contributed by atoms with Gasteiger partial charge in [-0.3, -0.25) is 0 Å². The SMILES string of the molecule is CNC(=O)Nc1ccc(Nc2c3ccccc3nc3ccccc23)c(OC)c1.Cl. The van der Waals surface area contributed by atoms with Gasteiger partial charge < -0.3 is 20.7 Å². The maximum atomic E-state index is 11.6. The van der Waals surface area contributed by atoms with Crippen LogP contribution in [-0.4, -0.2) is 25.2 Å². The Kier molecular flexibility index (Phi) is 6.04. The normalized spacial score (nSPS) is 10.3. The van der Waals surface area contributed by atoms with E-state index in [-0.39, 0.29) is 18.4 Å². The van der Waals surface area contributed by atoms with Crippen molar-refractivity contribution in [3.63, 3.8) is 0 Å². The standard InChI is InChI=1S/C22H20N4O2.ClH/c1-23-22(27)24-14-11-12-19(20(13-14)28-2)26-21-15-7-3-5-9-17(15)25-18-10-6-4-8-16(18)21;/h3-13H,1-2H3,(H,25,26)(H2,23,24,27);1H. The predicted octanol–water partition coefficient (Wildman–Crippen LogP) is 5.31. The van der Waals surface area contributed by atoms with Crippen molar-refractivity contribution in [2.45, 2.75) is 0 Å². The summed E-state index contributed by atoms with van der Waals surface area (Å²) in [6, 6.07) is 21.3.